The third kappa shape index (κ3) is 4.46. The maximum Gasteiger partial charge on any atom is 0.289 e. The van der Waals surface area contributed by atoms with Gasteiger partial charge in [0.2, 0.25) is 0 Å². The number of aryl methyl sites for hydroxylation is 1. The van der Waals surface area contributed by atoms with E-state index in [-0.39, 0.29) is 16.8 Å². The molecule has 2 rings (SSSR count). The molecule has 0 spiro atoms. The molecule has 0 fully saturated rings. The summed E-state index contributed by atoms with van der Waals surface area (Å²) in [4.78, 5) is 10.4. The molecule has 0 saturated carbocycles. The molecule has 0 radical (unpaired) electrons. The van der Waals surface area contributed by atoms with E-state index in [9.17, 15) is 10.1 Å². The first-order valence-electron chi connectivity index (χ1n) is 6.80. The predicted molar refractivity (Wildman–Crippen MR) is 86.0 cm³/mol. The van der Waals surface area contributed by atoms with Crippen LogP contribution in [-0.4, -0.2) is 11.0 Å². The molecule has 0 aliphatic carbocycles. The van der Waals surface area contributed by atoms with Crippen molar-refractivity contribution in [2.45, 2.75) is 25.8 Å². The van der Waals surface area contributed by atoms with Crippen LogP contribution < -0.4 is 5.32 Å². The van der Waals surface area contributed by atoms with E-state index in [2.05, 4.69) is 24.4 Å². The lowest BCUT2D eigenvalue weighted by molar-refractivity contribution is -0.384. The van der Waals surface area contributed by atoms with Gasteiger partial charge in [-0.15, -0.1) is 0 Å². The molecule has 21 heavy (non-hydrogen) atoms. The van der Waals surface area contributed by atoms with Crippen LogP contribution in [0.2, 0.25) is 5.02 Å². The van der Waals surface area contributed by atoms with Gasteiger partial charge in [0.05, 0.1) is 4.92 Å². The van der Waals surface area contributed by atoms with Crippen molar-refractivity contribution >= 4 is 23.0 Å². The Morgan fingerprint density at radius 1 is 1.24 bits per heavy atom. The first-order chi connectivity index (χ1) is 10.1. The molecule has 0 aliphatic rings. The number of nitro groups is 1. The maximum absolute atomic E-state index is 10.9. The Bertz CT molecular complexity index is 617. The summed E-state index contributed by atoms with van der Waals surface area (Å²) in [6.07, 6.45) is 1.91. The Morgan fingerprint density at radius 2 is 1.95 bits per heavy atom. The van der Waals surface area contributed by atoms with Gasteiger partial charge in [0, 0.05) is 17.8 Å². The standard InChI is InChI=1S/C16H17ClN2O2/c1-12(7-8-13-5-3-2-4-6-13)18-14-9-10-15(17)16(11-14)19(20)21/h2-6,9-12,18H,7-8H2,1H3. The minimum absolute atomic E-state index is 0.0723. The van der Waals surface area contributed by atoms with Crippen LogP contribution in [0.3, 0.4) is 0 Å². The lowest BCUT2D eigenvalue weighted by Gasteiger charge is -2.15. The minimum atomic E-state index is -0.470. The second-order valence-corrected chi connectivity index (χ2v) is 5.40. The third-order valence-corrected chi connectivity index (χ3v) is 3.58. The van der Waals surface area contributed by atoms with Gasteiger partial charge in [-0.3, -0.25) is 10.1 Å². The van der Waals surface area contributed by atoms with Crippen molar-refractivity contribution in [1.29, 1.82) is 0 Å². The quantitative estimate of drug-likeness (QED) is 0.622. The van der Waals surface area contributed by atoms with E-state index in [1.54, 1.807) is 12.1 Å². The number of nitrogens with one attached hydrogen (secondary N) is 1. The number of benzene rings is 2. The maximum atomic E-state index is 10.9. The highest BCUT2D eigenvalue weighted by Gasteiger charge is 2.13. The van der Waals surface area contributed by atoms with Gasteiger partial charge in [-0.05, 0) is 37.5 Å². The number of rotatable bonds is 6. The van der Waals surface area contributed by atoms with E-state index >= 15 is 0 Å². The fraction of sp³-hybridized carbons (Fsp3) is 0.250. The minimum Gasteiger partial charge on any atom is -0.382 e. The second-order valence-electron chi connectivity index (χ2n) is 4.99. The Hall–Kier alpha value is -2.07. The second kappa shape index (κ2) is 7.09. The van der Waals surface area contributed by atoms with E-state index in [0.717, 1.165) is 12.8 Å². The van der Waals surface area contributed by atoms with Crippen molar-refractivity contribution in [1.82, 2.24) is 0 Å². The van der Waals surface area contributed by atoms with Crippen LogP contribution in [0.25, 0.3) is 0 Å². The van der Waals surface area contributed by atoms with Gasteiger partial charge < -0.3 is 5.32 Å². The molecular weight excluding hydrogens is 288 g/mol. The number of nitrogens with zero attached hydrogens (tertiary/aromatic N) is 1. The van der Waals surface area contributed by atoms with E-state index < -0.39 is 4.92 Å². The molecular formula is C16H17ClN2O2. The lowest BCUT2D eigenvalue weighted by atomic mass is 10.1. The molecule has 4 nitrogen and oxygen atoms in total. The molecule has 1 atom stereocenters. The Morgan fingerprint density at radius 3 is 2.62 bits per heavy atom. The van der Waals surface area contributed by atoms with Crippen LogP contribution in [0, 0.1) is 10.1 Å². The predicted octanol–water partition coefficient (Wildman–Crippen LogP) is 4.68. The molecule has 0 aliphatic heterocycles. The number of hydrogen-bond acceptors (Lipinski definition) is 3. The summed E-state index contributed by atoms with van der Waals surface area (Å²) in [5, 5.41) is 14.3. The van der Waals surface area contributed by atoms with Crippen LogP contribution in [0.1, 0.15) is 18.9 Å². The summed E-state index contributed by atoms with van der Waals surface area (Å²) in [6.45, 7) is 2.06. The van der Waals surface area contributed by atoms with Gasteiger partial charge in [-0.25, -0.2) is 0 Å². The zero-order chi connectivity index (χ0) is 15.2. The van der Waals surface area contributed by atoms with Gasteiger partial charge in [-0.2, -0.15) is 0 Å². The molecule has 1 N–H and O–H groups in total. The fourth-order valence-corrected chi connectivity index (χ4v) is 2.31. The van der Waals surface area contributed by atoms with E-state index in [0.29, 0.717) is 5.69 Å². The molecule has 0 saturated heterocycles. The molecule has 2 aromatic carbocycles. The van der Waals surface area contributed by atoms with E-state index in [1.807, 2.05) is 18.2 Å². The molecule has 2 aromatic rings. The SMILES string of the molecule is CC(CCc1ccccc1)Nc1ccc(Cl)c([N+](=O)[O-])c1. The van der Waals surface area contributed by atoms with Crippen molar-refractivity contribution in [3.8, 4) is 0 Å². The summed E-state index contributed by atoms with van der Waals surface area (Å²) >= 11 is 5.80. The largest absolute Gasteiger partial charge is 0.382 e. The van der Waals surface area contributed by atoms with Crippen LogP contribution >= 0.6 is 11.6 Å². The number of halogens is 1. The fourth-order valence-electron chi connectivity index (χ4n) is 2.13. The Balaban J connectivity index is 1.95. The molecule has 0 amide bonds. The van der Waals surface area contributed by atoms with Crippen LogP contribution in [-0.2, 0) is 6.42 Å². The van der Waals surface area contributed by atoms with Gasteiger partial charge in [-0.1, -0.05) is 41.9 Å². The summed E-state index contributed by atoms with van der Waals surface area (Å²) in [5.41, 5.74) is 1.93. The number of anilines is 1. The van der Waals surface area contributed by atoms with Crippen molar-refractivity contribution in [3.63, 3.8) is 0 Å². The van der Waals surface area contributed by atoms with E-state index in [1.165, 1.54) is 11.6 Å². The van der Waals surface area contributed by atoms with Crippen LogP contribution in [0.4, 0.5) is 11.4 Å². The van der Waals surface area contributed by atoms with Crippen molar-refractivity contribution in [2.24, 2.45) is 0 Å². The zero-order valence-corrected chi connectivity index (χ0v) is 12.5. The average molecular weight is 305 g/mol. The first-order valence-corrected chi connectivity index (χ1v) is 7.18. The van der Waals surface area contributed by atoms with Crippen LogP contribution in [0.15, 0.2) is 48.5 Å². The van der Waals surface area contributed by atoms with Gasteiger partial charge >= 0.3 is 0 Å². The molecule has 0 heterocycles. The smallest absolute Gasteiger partial charge is 0.289 e. The van der Waals surface area contributed by atoms with Gasteiger partial charge in [0.15, 0.2) is 0 Å². The average Bonchev–Trinajstić information content (AvgIpc) is 2.48. The summed E-state index contributed by atoms with van der Waals surface area (Å²) < 4.78 is 0. The molecule has 5 heteroatoms. The monoisotopic (exact) mass is 304 g/mol. The van der Waals surface area contributed by atoms with Gasteiger partial charge in [0.25, 0.3) is 5.69 Å². The summed E-state index contributed by atoms with van der Waals surface area (Å²) in [5.74, 6) is 0. The highest BCUT2D eigenvalue weighted by Crippen LogP contribution is 2.27. The molecule has 110 valence electrons. The Labute approximate surface area is 128 Å². The molecule has 0 bridgehead atoms. The van der Waals surface area contributed by atoms with E-state index in [4.69, 9.17) is 11.6 Å². The lowest BCUT2D eigenvalue weighted by Crippen LogP contribution is -2.16. The first kappa shape index (κ1) is 15.3. The molecule has 1 unspecified atom stereocenters. The Kier molecular flexibility index (Phi) is 5.17. The van der Waals surface area contributed by atoms with Gasteiger partial charge in [0.1, 0.15) is 5.02 Å². The van der Waals surface area contributed by atoms with Crippen molar-refractivity contribution in [3.05, 3.63) is 69.2 Å². The summed E-state index contributed by atoms with van der Waals surface area (Å²) in [6, 6.07) is 15.2. The topological polar surface area (TPSA) is 55.2 Å². The van der Waals surface area contributed by atoms with Crippen molar-refractivity contribution in [2.75, 3.05) is 5.32 Å². The highest BCUT2D eigenvalue weighted by molar-refractivity contribution is 6.32. The van der Waals surface area contributed by atoms with Crippen molar-refractivity contribution < 1.29 is 4.92 Å². The third-order valence-electron chi connectivity index (χ3n) is 3.26. The summed E-state index contributed by atoms with van der Waals surface area (Å²) in [7, 11) is 0. The normalized spacial score (nSPS) is 11.9. The highest BCUT2D eigenvalue weighted by atomic mass is 35.5. The zero-order valence-electron chi connectivity index (χ0n) is 11.8. The number of hydrogen-bond donors (Lipinski definition) is 1. The van der Waals surface area contributed by atoms with Crippen LogP contribution in [0.5, 0.6) is 0 Å². The number of nitro benzene ring substituents is 1. The molecule has 0 aromatic heterocycles.